The Labute approximate surface area is 37.5 Å². The summed E-state index contributed by atoms with van der Waals surface area (Å²) in [5, 5.41) is 0. The molecule has 1 aliphatic carbocycles. The lowest BCUT2D eigenvalue weighted by Gasteiger charge is -1.70. The molecule has 0 bridgehead atoms. The standard InChI is InChI=1S/C5H7N/c1-2-4-3-5(4)6/h1,4-5H,3,6H2/t4-,5-/m1/s1. The predicted octanol–water partition coefficient (Wildman–Crippen LogP) is -0.0332. The fourth-order valence-electron chi connectivity index (χ4n) is 0.406. The summed E-state index contributed by atoms with van der Waals surface area (Å²) in [4.78, 5) is 0. The van der Waals surface area contributed by atoms with Crippen LogP contribution in [0.4, 0.5) is 0 Å². The van der Waals surface area contributed by atoms with Crippen molar-refractivity contribution in [1.82, 2.24) is 0 Å². The van der Waals surface area contributed by atoms with E-state index in [1.165, 1.54) is 0 Å². The molecule has 0 radical (unpaired) electrons. The molecular weight excluding hydrogens is 74.1 g/mol. The molecule has 32 valence electrons. The summed E-state index contributed by atoms with van der Waals surface area (Å²) in [5.74, 6) is 2.97. The van der Waals surface area contributed by atoms with Crippen LogP contribution in [-0.2, 0) is 0 Å². The number of hydrogen-bond acceptors (Lipinski definition) is 1. The normalized spacial score (nSPS) is 41.3. The van der Waals surface area contributed by atoms with Crippen LogP contribution in [0.3, 0.4) is 0 Å². The van der Waals surface area contributed by atoms with Gasteiger partial charge in [-0.2, -0.15) is 0 Å². The van der Waals surface area contributed by atoms with Gasteiger partial charge in [-0.3, -0.25) is 0 Å². The summed E-state index contributed by atoms with van der Waals surface area (Å²) in [5.41, 5.74) is 5.33. The van der Waals surface area contributed by atoms with E-state index in [0.29, 0.717) is 12.0 Å². The molecule has 1 fully saturated rings. The Morgan fingerprint density at radius 3 is 2.33 bits per heavy atom. The molecule has 0 amide bonds. The molecule has 0 heterocycles. The molecule has 0 aromatic heterocycles. The highest BCUT2D eigenvalue weighted by Crippen LogP contribution is 2.25. The molecule has 1 heteroatoms. The maximum atomic E-state index is 5.33. The first kappa shape index (κ1) is 3.70. The van der Waals surface area contributed by atoms with Gasteiger partial charge in [0.2, 0.25) is 0 Å². The van der Waals surface area contributed by atoms with E-state index in [9.17, 15) is 0 Å². The minimum absolute atomic E-state index is 0.329. The molecule has 0 aromatic rings. The molecule has 1 aliphatic rings. The van der Waals surface area contributed by atoms with Crippen molar-refractivity contribution in [1.29, 1.82) is 0 Å². The smallest absolute Gasteiger partial charge is 0.0367 e. The van der Waals surface area contributed by atoms with Gasteiger partial charge in [0.15, 0.2) is 0 Å². The quantitative estimate of drug-likeness (QED) is 0.407. The van der Waals surface area contributed by atoms with E-state index in [4.69, 9.17) is 12.2 Å². The first-order chi connectivity index (χ1) is 2.84. The lowest BCUT2D eigenvalue weighted by atomic mass is 10.4. The van der Waals surface area contributed by atoms with Crippen LogP contribution in [0.2, 0.25) is 0 Å². The minimum atomic E-state index is 0.329. The van der Waals surface area contributed by atoms with Crippen LogP contribution in [0.25, 0.3) is 0 Å². The van der Waals surface area contributed by atoms with E-state index in [1.807, 2.05) is 0 Å². The van der Waals surface area contributed by atoms with Gasteiger partial charge in [0.05, 0.1) is 0 Å². The number of terminal acetylenes is 1. The SMILES string of the molecule is C#C[C@@H]1C[C@H]1N. The van der Waals surface area contributed by atoms with E-state index in [2.05, 4.69) is 5.92 Å². The zero-order valence-electron chi connectivity index (χ0n) is 3.52. The van der Waals surface area contributed by atoms with Gasteiger partial charge in [0.25, 0.3) is 0 Å². The summed E-state index contributed by atoms with van der Waals surface area (Å²) in [6, 6.07) is 0.329. The second-order valence-electron chi connectivity index (χ2n) is 1.67. The molecule has 2 N–H and O–H groups in total. The molecule has 0 saturated heterocycles. The van der Waals surface area contributed by atoms with E-state index < -0.39 is 0 Å². The fourth-order valence-corrected chi connectivity index (χ4v) is 0.406. The van der Waals surface area contributed by atoms with Gasteiger partial charge in [-0.05, 0) is 6.42 Å². The topological polar surface area (TPSA) is 26.0 Å². The lowest BCUT2D eigenvalue weighted by Crippen LogP contribution is -1.99. The maximum absolute atomic E-state index is 5.33. The highest BCUT2D eigenvalue weighted by atomic mass is 14.7. The van der Waals surface area contributed by atoms with Gasteiger partial charge in [0.1, 0.15) is 0 Å². The molecule has 1 saturated carbocycles. The van der Waals surface area contributed by atoms with Crippen molar-refractivity contribution in [3.05, 3.63) is 0 Å². The molecule has 1 nitrogen and oxygen atoms in total. The molecule has 0 aliphatic heterocycles. The zero-order chi connectivity index (χ0) is 4.57. The first-order valence-corrected chi connectivity index (χ1v) is 2.06. The number of rotatable bonds is 0. The van der Waals surface area contributed by atoms with E-state index in [-0.39, 0.29) is 0 Å². The fraction of sp³-hybridized carbons (Fsp3) is 0.600. The average molecular weight is 81.1 g/mol. The van der Waals surface area contributed by atoms with Crippen molar-refractivity contribution < 1.29 is 0 Å². The molecule has 0 unspecified atom stereocenters. The van der Waals surface area contributed by atoms with Gasteiger partial charge in [-0.25, -0.2) is 0 Å². The highest BCUT2D eigenvalue weighted by Gasteiger charge is 2.30. The van der Waals surface area contributed by atoms with E-state index >= 15 is 0 Å². The summed E-state index contributed by atoms with van der Waals surface area (Å²) >= 11 is 0. The number of hydrogen-bond donors (Lipinski definition) is 1. The monoisotopic (exact) mass is 81.1 g/mol. The van der Waals surface area contributed by atoms with E-state index in [1.54, 1.807) is 0 Å². The van der Waals surface area contributed by atoms with Crippen LogP contribution >= 0.6 is 0 Å². The molecule has 6 heavy (non-hydrogen) atoms. The van der Waals surface area contributed by atoms with Gasteiger partial charge in [-0.1, -0.05) is 0 Å². The van der Waals surface area contributed by atoms with Crippen LogP contribution in [0.15, 0.2) is 0 Å². The average Bonchev–Trinajstić information content (AvgIpc) is 2.19. The Bertz CT molecular complexity index is 90.6. The Hall–Kier alpha value is -0.480. The van der Waals surface area contributed by atoms with Crippen LogP contribution in [0.5, 0.6) is 0 Å². The van der Waals surface area contributed by atoms with Crippen LogP contribution in [0.1, 0.15) is 6.42 Å². The lowest BCUT2D eigenvalue weighted by molar-refractivity contribution is 1.000. The van der Waals surface area contributed by atoms with Crippen LogP contribution in [0, 0.1) is 18.3 Å². The third kappa shape index (κ3) is 0.395. The highest BCUT2D eigenvalue weighted by molar-refractivity contribution is 5.09. The first-order valence-electron chi connectivity index (χ1n) is 2.06. The van der Waals surface area contributed by atoms with Crippen molar-refractivity contribution in [2.24, 2.45) is 11.7 Å². The van der Waals surface area contributed by atoms with Crippen LogP contribution < -0.4 is 5.73 Å². The Morgan fingerprint density at radius 1 is 1.83 bits per heavy atom. The third-order valence-electron chi connectivity index (χ3n) is 1.05. The van der Waals surface area contributed by atoms with Crippen molar-refractivity contribution in [2.45, 2.75) is 12.5 Å². The number of nitrogens with two attached hydrogens (primary N) is 1. The summed E-state index contributed by atoms with van der Waals surface area (Å²) in [6.45, 7) is 0. The third-order valence-corrected chi connectivity index (χ3v) is 1.05. The van der Waals surface area contributed by atoms with E-state index in [0.717, 1.165) is 6.42 Å². The van der Waals surface area contributed by atoms with Crippen molar-refractivity contribution >= 4 is 0 Å². The largest absolute Gasteiger partial charge is 0.327 e. The second-order valence-corrected chi connectivity index (χ2v) is 1.67. The van der Waals surface area contributed by atoms with Gasteiger partial charge >= 0.3 is 0 Å². The zero-order valence-corrected chi connectivity index (χ0v) is 3.52. The second kappa shape index (κ2) is 0.990. The van der Waals surface area contributed by atoms with Crippen molar-refractivity contribution in [3.63, 3.8) is 0 Å². The Morgan fingerprint density at radius 2 is 2.33 bits per heavy atom. The summed E-state index contributed by atoms with van der Waals surface area (Å²) < 4.78 is 0. The summed E-state index contributed by atoms with van der Waals surface area (Å²) in [6.07, 6.45) is 6.03. The molecule has 0 aromatic carbocycles. The van der Waals surface area contributed by atoms with Gasteiger partial charge < -0.3 is 5.73 Å². The van der Waals surface area contributed by atoms with Crippen molar-refractivity contribution in [3.8, 4) is 12.3 Å². The van der Waals surface area contributed by atoms with Gasteiger partial charge in [0, 0.05) is 12.0 Å². The minimum Gasteiger partial charge on any atom is -0.327 e. The van der Waals surface area contributed by atoms with Gasteiger partial charge in [-0.15, -0.1) is 12.3 Å². The predicted molar refractivity (Wildman–Crippen MR) is 24.9 cm³/mol. The van der Waals surface area contributed by atoms with Crippen molar-refractivity contribution in [2.75, 3.05) is 0 Å². The summed E-state index contributed by atoms with van der Waals surface area (Å²) in [7, 11) is 0. The molecule has 2 atom stereocenters. The Balaban J connectivity index is 2.31. The maximum Gasteiger partial charge on any atom is 0.0367 e. The molecule has 1 rings (SSSR count). The molecule has 0 spiro atoms. The van der Waals surface area contributed by atoms with Crippen LogP contribution in [-0.4, -0.2) is 6.04 Å². The Kier molecular flexibility index (Phi) is 0.611. The molecular formula is C5H7N.